The van der Waals surface area contributed by atoms with Gasteiger partial charge in [0.1, 0.15) is 11.6 Å². The molecule has 37 heavy (non-hydrogen) atoms. The highest BCUT2D eigenvalue weighted by atomic mass is 79.9. The normalized spacial score (nSPS) is 10.9. The number of halogens is 2. The minimum absolute atomic E-state index is 0.169. The highest BCUT2D eigenvalue weighted by Crippen LogP contribution is 2.31. The maximum atomic E-state index is 12.6. The van der Waals surface area contributed by atoms with E-state index in [2.05, 4.69) is 38.7 Å². The number of carbonyl (C=O) groups excluding carboxylic acids is 1. The first-order valence-corrected chi connectivity index (χ1v) is 12.9. The fourth-order valence-electron chi connectivity index (χ4n) is 4.07. The lowest BCUT2D eigenvalue weighted by molar-refractivity contribution is 0.0948. The number of ether oxygens (including phenoxy) is 1. The van der Waals surface area contributed by atoms with Gasteiger partial charge < -0.3 is 15.4 Å². The number of nitrogens with zero attached hydrogens (tertiary/aromatic N) is 2. The van der Waals surface area contributed by atoms with Gasteiger partial charge in [0.05, 0.1) is 22.8 Å². The number of para-hydroxylation sites is 1. The Bertz CT molecular complexity index is 1570. The number of aromatic nitrogens is 2. The van der Waals surface area contributed by atoms with E-state index in [1.54, 1.807) is 19.2 Å². The van der Waals surface area contributed by atoms with Crippen LogP contribution in [0.25, 0.3) is 16.9 Å². The molecular weight excluding hydrogens is 552 g/mol. The molecule has 0 fully saturated rings. The van der Waals surface area contributed by atoms with Crippen LogP contribution in [0.1, 0.15) is 21.5 Å². The third kappa shape index (κ3) is 5.48. The first-order valence-electron chi connectivity index (χ1n) is 11.7. The molecule has 0 aliphatic heterocycles. The number of fused-ring (bicyclic) bond motifs is 1. The molecule has 0 aliphatic carbocycles. The second kappa shape index (κ2) is 11.1. The van der Waals surface area contributed by atoms with Gasteiger partial charge in [0.25, 0.3) is 5.91 Å². The lowest BCUT2D eigenvalue weighted by atomic mass is 10.1. The van der Waals surface area contributed by atoms with Gasteiger partial charge in [-0.15, -0.1) is 0 Å². The summed E-state index contributed by atoms with van der Waals surface area (Å²) in [5, 5.41) is 7.14. The topological polar surface area (TPSA) is 67.7 Å². The lowest BCUT2D eigenvalue weighted by Gasteiger charge is -2.13. The van der Waals surface area contributed by atoms with Crippen LogP contribution in [0.4, 0.5) is 5.82 Å². The Kier molecular flexibility index (Phi) is 7.44. The Morgan fingerprint density at radius 3 is 2.43 bits per heavy atom. The summed E-state index contributed by atoms with van der Waals surface area (Å²) in [4.78, 5) is 17.4. The summed E-state index contributed by atoms with van der Waals surface area (Å²) in [6, 6.07) is 27.0. The Balaban J connectivity index is 1.28. The average Bonchev–Trinajstić information content (AvgIpc) is 3.31. The van der Waals surface area contributed by atoms with Crippen LogP contribution < -0.4 is 15.4 Å². The van der Waals surface area contributed by atoms with Gasteiger partial charge in [0.2, 0.25) is 0 Å². The lowest BCUT2D eigenvalue weighted by Crippen LogP contribution is -2.23. The highest BCUT2D eigenvalue weighted by Gasteiger charge is 2.13. The monoisotopic (exact) mass is 574 g/mol. The van der Waals surface area contributed by atoms with Crippen LogP contribution in [0, 0.1) is 0 Å². The Labute approximate surface area is 228 Å². The predicted molar refractivity (Wildman–Crippen MR) is 151 cm³/mol. The number of benzene rings is 3. The molecule has 2 aromatic heterocycles. The van der Waals surface area contributed by atoms with Crippen molar-refractivity contribution in [1.82, 2.24) is 14.7 Å². The molecule has 0 radical (unpaired) electrons. The standard InChI is InChI=1S/C29H24BrClN4O2/c1-37-26-9-5-3-7-22(26)29(36)33-18-20-12-10-19(11-13-20)17-32-27-16-25(21-6-2-4-8-24(21)31)34-28-23(30)14-15-35(27)28/h2-16,32H,17-18H2,1H3,(H,33,36). The third-order valence-corrected chi connectivity index (χ3v) is 6.97. The largest absolute Gasteiger partial charge is 0.496 e. The molecule has 2 heterocycles. The number of hydrogen-bond acceptors (Lipinski definition) is 4. The molecule has 186 valence electrons. The molecule has 5 rings (SSSR count). The average molecular weight is 576 g/mol. The molecular formula is C29H24BrClN4O2. The van der Waals surface area contributed by atoms with Crippen molar-refractivity contribution in [3.63, 3.8) is 0 Å². The summed E-state index contributed by atoms with van der Waals surface area (Å²) >= 11 is 10.0. The number of nitrogens with one attached hydrogen (secondary N) is 2. The molecule has 5 aromatic rings. The molecule has 3 aromatic carbocycles. The molecule has 0 spiro atoms. The predicted octanol–water partition coefficient (Wildman–Crippen LogP) is 6.97. The van der Waals surface area contributed by atoms with Gasteiger partial charge in [0.15, 0.2) is 5.65 Å². The third-order valence-electron chi connectivity index (χ3n) is 6.02. The molecule has 2 N–H and O–H groups in total. The van der Waals surface area contributed by atoms with Crippen molar-refractivity contribution in [2.45, 2.75) is 13.1 Å². The van der Waals surface area contributed by atoms with E-state index in [0.29, 0.717) is 29.4 Å². The summed E-state index contributed by atoms with van der Waals surface area (Å²) in [7, 11) is 1.56. The molecule has 0 atom stereocenters. The number of anilines is 1. The van der Waals surface area contributed by atoms with Gasteiger partial charge in [-0.2, -0.15) is 0 Å². The number of hydrogen-bond donors (Lipinski definition) is 2. The van der Waals surface area contributed by atoms with Gasteiger partial charge in [-0.1, -0.05) is 66.2 Å². The Morgan fingerprint density at radius 1 is 0.973 bits per heavy atom. The maximum Gasteiger partial charge on any atom is 0.255 e. The molecule has 6 nitrogen and oxygen atoms in total. The Hall–Kier alpha value is -3.81. The zero-order valence-corrected chi connectivity index (χ0v) is 22.4. The zero-order valence-electron chi connectivity index (χ0n) is 20.0. The minimum Gasteiger partial charge on any atom is -0.496 e. The van der Waals surface area contributed by atoms with E-state index >= 15 is 0 Å². The summed E-state index contributed by atoms with van der Waals surface area (Å²) in [5.41, 5.74) is 5.11. The van der Waals surface area contributed by atoms with E-state index in [9.17, 15) is 4.79 Å². The van der Waals surface area contributed by atoms with E-state index < -0.39 is 0 Å². The van der Waals surface area contributed by atoms with Crippen LogP contribution in [-0.2, 0) is 13.1 Å². The van der Waals surface area contributed by atoms with Crippen LogP contribution >= 0.6 is 27.5 Å². The summed E-state index contributed by atoms with van der Waals surface area (Å²) in [6.07, 6.45) is 1.97. The van der Waals surface area contributed by atoms with Crippen molar-refractivity contribution in [3.05, 3.63) is 117 Å². The second-order valence-corrected chi connectivity index (χ2v) is 9.68. The molecule has 0 unspecified atom stereocenters. The molecule has 0 saturated carbocycles. The van der Waals surface area contributed by atoms with Gasteiger partial charge in [-0.25, -0.2) is 4.98 Å². The first kappa shape index (κ1) is 24.9. The van der Waals surface area contributed by atoms with Crippen LogP contribution in [-0.4, -0.2) is 22.4 Å². The maximum absolute atomic E-state index is 12.6. The first-order chi connectivity index (χ1) is 18.0. The molecule has 1 amide bonds. The van der Waals surface area contributed by atoms with Crippen LogP contribution in [0.2, 0.25) is 5.02 Å². The number of methoxy groups -OCH3 is 1. The van der Waals surface area contributed by atoms with Gasteiger partial charge in [-0.3, -0.25) is 9.20 Å². The van der Waals surface area contributed by atoms with Crippen molar-refractivity contribution >= 4 is 44.9 Å². The second-order valence-electron chi connectivity index (χ2n) is 8.42. The van der Waals surface area contributed by atoms with Crippen LogP contribution in [0.3, 0.4) is 0 Å². The summed E-state index contributed by atoms with van der Waals surface area (Å²) in [6.45, 7) is 1.04. The van der Waals surface area contributed by atoms with Crippen LogP contribution in [0.15, 0.2) is 95.6 Å². The number of rotatable bonds is 8. The van der Waals surface area contributed by atoms with Crippen LogP contribution in [0.5, 0.6) is 5.75 Å². The van der Waals surface area contributed by atoms with Crippen molar-refractivity contribution in [1.29, 1.82) is 0 Å². The van der Waals surface area contributed by atoms with E-state index in [0.717, 1.165) is 38.3 Å². The minimum atomic E-state index is -0.169. The van der Waals surface area contributed by atoms with E-state index in [4.69, 9.17) is 21.3 Å². The van der Waals surface area contributed by atoms with E-state index in [-0.39, 0.29) is 5.91 Å². The molecule has 8 heteroatoms. The van der Waals surface area contributed by atoms with Gasteiger partial charge in [-0.05, 0) is 51.3 Å². The number of carbonyl (C=O) groups is 1. The van der Waals surface area contributed by atoms with Crippen molar-refractivity contribution in [3.8, 4) is 17.0 Å². The van der Waals surface area contributed by atoms with Gasteiger partial charge >= 0.3 is 0 Å². The SMILES string of the molecule is COc1ccccc1C(=O)NCc1ccc(CNc2cc(-c3ccccc3Cl)nc3c(Br)ccn23)cc1. The van der Waals surface area contributed by atoms with Gasteiger partial charge in [0, 0.05) is 35.9 Å². The fraction of sp³-hybridized carbons (Fsp3) is 0.103. The number of amides is 1. The van der Waals surface area contributed by atoms with Crippen molar-refractivity contribution < 1.29 is 9.53 Å². The fourth-order valence-corrected chi connectivity index (χ4v) is 4.70. The zero-order chi connectivity index (χ0) is 25.8. The summed E-state index contributed by atoms with van der Waals surface area (Å²) in [5.74, 6) is 1.29. The highest BCUT2D eigenvalue weighted by molar-refractivity contribution is 9.10. The quantitative estimate of drug-likeness (QED) is 0.210. The summed E-state index contributed by atoms with van der Waals surface area (Å²) < 4.78 is 8.19. The molecule has 0 bridgehead atoms. The van der Waals surface area contributed by atoms with E-state index in [1.807, 2.05) is 71.3 Å². The molecule has 0 saturated heterocycles. The van der Waals surface area contributed by atoms with Crippen molar-refractivity contribution in [2.75, 3.05) is 12.4 Å². The Morgan fingerprint density at radius 2 is 1.68 bits per heavy atom. The smallest absolute Gasteiger partial charge is 0.255 e. The van der Waals surface area contributed by atoms with E-state index in [1.165, 1.54) is 0 Å². The van der Waals surface area contributed by atoms with Crippen molar-refractivity contribution in [2.24, 2.45) is 0 Å². The molecule has 0 aliphatic rings.